The van der Waals surface area contributed by atoms with Gasteiger partial charge in [-0.3, -0.25) is 9.69 Å². The van der Waals surface area contributed by atoms with Crippen molar-refractivity contribution in [3.05, 3.63) is 99.8 Å². The van der Waals surface area contributed by atoms with E-state index in [-0.39, 0.29) is 22.3 Å². The molecule has 0 N–H and O–H groups in total. The largest absolute Gasteiger partial charge is 0.542 e. The summed E-state index contributed by atoms with van der Waals surface area (Å²) in [5.41, 5.74) is 2.60. The molecular weight excluding hydrogens is 514 g/mol. The monoisotopic (exact) mass is 543 g/mol. The van der Waals surface area contributed by atoms with Crippen LogP contribution in [-0.2, 0) is 11.2 Å². The second kappa shape index (κ2) is 9.92. The van der Waals surface area contributed by atoms with Crippen LogP contribution in [0, 0.1) is 5.82 Å². The molecular formula is C30H30FN3O2SSi. The standard InChI is InChI=1S/C30H30FN3O2SSi/c1-30(2,3)38(4,5)36-26-15-9-14-22(27(26)31)25-19-34-28(23(32-25)17-20-11-7-6-8-12-20)33-24(29(34)35)18-21-13-10-16-37-21/h6-16,18-19H,17H2,1-5H3/b24-18-. The van der Waals surface area contributed by atoms with E-state index >= 15 is 4.39 Å². The number of nitrogens with zero attached hydrogens (tertiary/aromatic N) is 3. The van der Waals surface area contributed by atoms with Crippen molar-refractivity contribution in [1.82, 2.24) is 4.90 Å². The highest BCUT2D eigenvalue weighted by molar-refractivity contribution is 7.10. The number of aliphatic imine (C=N–C) groups is 2. The molecule has 0 aliphatic carbocycles. The van der Waals surface area contributed by atoms with Crippen LogP contribution in [0.5, 0.6) is 5.75 Å². The minimum Gasteiger partial charge on any atom is -0.542 e. The van der Waals surface area contributed by atoms with Crippen molar-refractivity contribution in [2.75, 3.05) is 0 Å². The number of amidine groups is 1. The summed E-state index contributed by atoms with van der Waals surface area (Å²) in [6, 6.07) is 18.8. The normalized spacial score (nSPS) is 16.8. The lowest BCUT2D eigenvalue weighted by Gasteiger charge is -2.36. The van der Waals surface area contributed by atoms with Crippen LogP contribution in [-0.4, -0.2) is 30.7 Å². The molecule has 194 valence electrons. The van der Waals surface area contributed by atoms with Gasteiger partial charge in [0.15, 0.2) is 11.7 Å². The van der Waals surface area contributed by atoms with Crippen LogP contribution >= 0.6 is 11.3 Å². The smallest absolute Gasteiger partial charge is 0.282 e. The molecule has 2 aromatic carbocycles. The van der Waals surface area contributed by atoms with Gasteiger partial charge in [-0.05, 0) is 53.4 Å². The quantitative estimate of drug-likeness (QED) is 0.238. The summed E-state index contributed by atoms with van der Waals surface area (Å²) in [6.45, 7) is 10.5. The van der Waals surface area contributed by atoms with Crippen LogP contribution in [0.15, 0.2) is 87.9 Å². The van der Waals surface area contributed by atoms with Crippen molar-refractivity contribution in [3.63, 3.8) is 0 Å². The van der Waals surface area contributed by atoms with Crippen molar-refractivity contribution >= 4 is 48.9 Å². The first kappa shape index (κ1) is 26.0. The molecule has 3 aromatic rings. The van der Waals surface area contributed by atoms with Crippen LogP contribution in [0.4, 0.5) is 4.39 Å². The summed E-state index contributed by atoms with van der Waals surface area (Å²) < 4.78 is 22.3. The number of rotatable bonds is 6. The Hall–Kier alpha value is -3.62. The highest BCUT2D eigenvalue weighted by atomic mass is 32.1. The van der Waals surface area contributed by atoms with Gasteiger partial charge in [0.25, 0.3) is 14.2 Å². The van der Waals surface area contributed by atoms with Gasteiger partial charge in [-0.25, -0.2) is 14.4 Å². The Morgan fingerprint density at radius 3 is 2.47 bits per heavy atom. The molecule has 8 heteroatoms. The average Bonchev–Trinajstić information content (AvgIpc) is 3.49. The maximum absolute atomic E-state index is 15.9. The van der Waals surface area contributed by atoms with E-state index < -0.39 is 14.1 Å². The van der Waals surface area contributed by atoms with Crippen LogP contribution in [0.1, 0.15) is 36.8 Å². The lowest BCUT2D eigenvalue weighted by atomic mass is 10.0. The highest BCUT2D eigenvalue weighted by Gasteiger charge is 2.40. The van der Waals surface area contributed by atoms with Gasteiger partial charge in [0, 0.05) is 23.1 Å². The number of benzene rings is 2. The zero-order valence-electron chi connectivity index (χ0n) is 22.2. The number of hydrogen-bond acceptors (Lipinski definition) is 5. The van der Waals surface area contributed by atoms with Crippen molar-refractivity contribution in [1.29, 1.82) is 0 Å². The predicted octanol–water partition coefficient (Wildman–Crippen LogP) is 7.55. The van der Waals surface area contributed by atoms with Crippen LogP contribution < -0.4 is 4.43 Å². The molecule has 3 heterocycles. The molecule has 5 rings (SSSR count). The fourth-order valence-corrected chi connectivity index (χ4v) is 5.63. The molecule has 38 heavy (non-hydrogen) atoms. The summed E-state index contributed by atoms with van der Waals surface area (Å²) in [5.74, 6) is -0.0620. The number of fused-ring (bicyclic) bond motifs is 1. The molecule has 1 amide bonds. The summed E-state index contributed by atoms with van der Waals surface area (Å²) in [6.07, 6.45) is 3.81. The van der Waals surface area contributed by atoms with Gasteiger partial charge < -0.3 is 4.43 Å². The second-order valence-corrected chi connectivity index (χ2v) is 16.6. The third-order valence-electron chi connectivity index (χ3n) is 7.10. The van der Waals surface area contributed by atoms with E-state index in [1.807, 2.05) is 47.8 Å². The molecule has 0 radical (unpaired) electrons. The molecule has 5 nitrogen and oxygen atoms in total. The Bertz CT molecular complexity index is 1500. The number of thiophene rings is 1. The molecule has 2 aliphatic rings. The Kier molecular flexibility index (Phi) is 6.79. The van der Waals surface area contributed by atoms with Crippen molar-refractivity contribution in [3.8, 4) is 5.75 Å². The number of amides is 1. The van der Waals surface area contributed by atoms with Gasteiger partial charge in [0.05, 0.1) is 11.4 Å². The minimum atomic E-state index is -2.27. The van der Waals surface area contributed by atoms with E-state index in [4.69, 9.17) is 9.42 Å². The van der Waals surface area contributed by atoms with Gasteiger partial charge in [0.2, 0.25) is 0 Å². The minimum absolute atomic E-state index is 0.0841. The molecule has 0 atom stereocenters. The van der Waals surface area contributed by atoms with Crippen molar-refractivity contribution < 1.29 is 13.6 Å². The number of hydrogen-bond donors (Lipinski definition) is 0. The zero-order valence-corrected chi connectivity index (χ0v) is 24.0. The molecule has 0 bridgehead atoms. The number of carbonyl (C=O) groups excluding carboxylic acids is 1. The van der Waals surface area contributed by atoms with Crippen LogP contribution in [0.3, 0.4) is 0 Å². The van der Waals surface area contributed by atoms with E-state index in [1.54, 1.807) is 30.5 Å². The summed E-state index contributed by atoms with van der Waals surface area (Å²) in [7, 11) is -2.27. The fraction of sp³-hybridized carbons (Fsp3) is 0.233. The molecule has 1 aromatic heterocycles. The Morgan fingerprint density at radius 2 is 1.79 bits per heavy atom. The second-order valence-electron chi connectivity index (χ2n) is 10.9. The van der Waals surface area contributed by atoms with E-state index in [1.165, 1.54) is 16.2 Å². The van der Waals surface area contributed by atoms with E-state index in [9.17, 15) is 4.79 Å². The predicted molar refractivity (Wildman–Crippen MR) is 156 cm³/mol. The average molecular weight is 544 g/mol. The van der Waals surface area contributed by atoms with Crippen molar-refractivity contribution in [2.45, 2.75) is 45.3 Å². The van der Waals surface area contributed by atoms with Gasteiger partial charge in [-0.2, -0.15) is 0 Å². The van der Waals surface area contributed by atoms with E-state index in [0.29, 0.717) is 29.4 Å². The zero-order chi connectivity index (χ0) is 27.1. The maximum Gasteiger partial charge on any atom is 0.282 e. The Balaban J connectivity index is 1.57. The third kappa shape index (κ3) is 5.06. The first-order valence-electron chi connectivity index (χ1n) is 12.5. The highest BCUT2D eigenvalue weighted by Crippen LogP contribution is 2.39. The van der Waals surface area contributed by atoms with Gasteiger partial charge >= 0.3 is 0 Å². The summed E-state index contributed by atoms with van der Waals surface area (Å²) in [4.78, 5) is 25.4. The lowest BCUT2D eigenvalue weighted by Crippen LogP contribution is -2.44. The molecule has 0 saturated heterocycles. The van der Waals surface area contributed by atoms with Crippen LogP contribution in [0.25, 0.3) is 11.8 Å². The van der Waals surface area contributed by atoms with Crippen molar-refractivity contribution in [2.24, 2.45) is 9.98 Å². The lowest BCUT2D eigenvalue weighted by molar-refractivity contribution is -0.120. The maximum atomic E-state index is 15.9. The summed E-state index contributed by atoms with van der Waals surface area (Å²) in [5, 5.41) is 1.87. The van der Waals surface area contributed by atoms with E-state index in [0.717, 1.165) is 10.4 Å². The van der Waals surface area contributed by atoms with Gasteiger partial charge in [0.1, 0.15) is 11.4 Å². The molecule has 0 fully saturated rings. The third-order valence-corrected chi connectivity index (χ3v) is 12.3. The first-order chi connectivity index (χ1) is 18.0. The number of carbonyl (C=O) groups is 1. The molecule has 0 saturated carbocycles. The van der Waals surface area contributed by atoms with Crippen LogP contribution in [0.2, 0.25) is 18.1 Å². The summed E-state index contributed by atoms with van der Waals surface area (Å²) >= 11 is 1.53. The molecule has 2 aliphatic heterocycles. The first-order valence-corrected chi connectivity index (χ1v) is 16.3. The fourth-order valence-electron chi connectivity index (χ4n) is 3.96. The van der Waals surface area contributed by atoms with Gasteiger partial charge in [-0.1, -0.05) is 63.2 Å². The van der Waals surface area contributed by atoms with E-state index in [2.05, 4.69) is 38.9 Å². The van der Waals surface area contributed by atoms with Gasteiger partial charge in [-0.15, -0.1) is 11.3 Å². The Morgan fingerprint density at radius 1 is 1.03 bits per heavy atom. The SMILES string of the molecule is CC(C)(C)[Si](C)(C)Oc1cccc(C2=CN3C(=O)/C(=C/c4cccs4)N=C3C(Cc3ccccc3)=N2)c1F. The molecule has 0 spiro atoms. The number of halogens is 1. The topological polar surface area (TPSA) is 54.3 Å². The molecule has 0 unspecified atom stereocenters. The Labute approximate surface area is 227 Å².